The molecule has 0 aliphatic heterocycles. The van der Waals surface area contributed by atoms with E-state index in [4.69, 9.17) is 11.6 Å². The van der Waals surface area contributed by atoms with Gasteiger partial charge in [-0.1, -0.05) is 48.0 Å². The van der Waals surface area contributed by atoms with Gasteiger partial charge >= 0.3 is 0 Å². The van der Waals surface area contributed by atoms with Crippen LogP contribution in [0.2, 0.25) is 5.02 Å². The minimum Gasteiger partial charge on any atom is -0.321 e. The minimum atomic E-state index is -0.325. The standard InChI is InChI=1S/C18H12ClN3O/c19-16-15-7-3-4-10-22(15)21-17(16)18(23)20-14-9-8-12-5-1-2-6-13(12)11-14/h1-11H,(H,20,23). The molecule has 2 aromatic heterocycles. The van der Waals surface area contributed by atoms with Crippen LogP contribution in [0.1, 0.15) is 10.5 Å². The lowest BCUT2D eigenvalue weighted by Gasteiger charge is -2.05. The summed E-state index contributed by atoms with van der Waals surface area (Å²) in [5, 5.41) is 9.63. The summed E-state index contributed by atoms with van der Waals surface area (Å²) in [5.74, 6) is -0.325. The van der Waals surface area contributed by atoms with Crippen LogP contribution in [0.3, 0.4) is 0 Å². The highest BCUT2D eigenvalue weighted by Gasteiger charge is 2.17. The SMILES string of the molecule is O=C(Nc1ccc2ccccc2c1)c1nn2ccccc2c1Cl. The van der Waals surface area contributed by atoms with Crippen LogP contribution in [0.25, 0.3) is 16.3 Å². The Morgan fingerprint density at radius 2 is 1.78 bits per heavy atom. The highest BCUT2D eigenvalue weighted by atomic mass is 35.5. The van der Waals surface area contributed by atoms with Gasteiger partial charge in [-0.05, 0) is 35.0 Å². The second kappa shape index (κ2) is 5.41. The number of anilines is 1. The molecule has 2 heterocycles. The van der Waals surface area contributed by atoms with E-state index in [0.29, 0.717) is 16.2 Å². The topological polar surface area (TPSA) is 46.4 Å². The maximum Gasteiger partial charge on any atom is 0.277 e. The van der Waals surface area contributed by atoms with E-state index in [1.807, 2.05) is 60.7 Å². The molecule has 0 fully saturated rings. The summed E-state index contributed by atoms with van der Waals surface area (Å²) in [6.45, 7) is 0. The number of amides is 1. The van der Waals surface area contributed by atoms with Crippen LogP contribution in [-0.2, 0) is 0 Å². The molecule has 1 N–H and O–H groups in total. The van der Waals surface area contributed by atoms with Crippen molar-refractivity contribution in [3.8, 4) is 0 Å². The van der Waals surface area contributed by atoms with E-state index in [1.54, 1.807) is 10.7 Å². The average Bonchev–Trinajstić information content (AvgIpc) is 2.92. The Morgan fingerprint density at radius 1 is 1.00 bits per heavy atom. The number of nitrogens with one attached hydrogen (secondary N) is 1. The molecule has 1 amide bonds. The van der Waals surface area contributed by atoms with E-state index >= 15 is 0 Å². The highest BCUT2D eigenvalue weighted by Crippen LogP contribution is 2.24. The quantitative estimate of drug-likeness (QED) is 0.595. The summed E-state index contributed by atoms with van der Waals surface area (Å²) < 4.78 is 1.59. The lowest BCUT2D eigenvalue weighted by molar-refractivity contribution is 0.102. The molecule has 0 saturated heterocycles. The summed E-state index contributed by atoms with van der Waals surface area (Å²) >= 11 is 6.27. The molecule has 0 spiro atoms. The van der Waals surface area contributed by atoms with Crippen LogP contribution < -0.4 is 5.32 Å². The summed E-state index contributed by atoms with van der Waals surface area (Å²) in [6.07, 6.45) is 1.76. The van der Waals surface area contributed by atoms with Gasteiger partial charge in [0.15, 0.2) is 5.69 Å². The van der Waals surface area contributed by atoms with Crippen LogP contribution in [0.5, 0.6) is 0 Å². The Balaban J connectivity index is 1.69. The lowest BCUT2D eigenvalue weighted by atomic mass is 10.1. The van der Waals surface area contributed by atoms with Gasteiger partial charge in [-0.2, -0.15) is 5.10 Å². The van der Waals surface area contributed by atoms with Crippen molar-refractivity contribution in [2.24, 2.45) is 0 Å². The number of nitrogens with zero attached hydrogens (tertiary/aromatic N) is 2. The van der Waals surface area contributed by atoms with E-state index in [1.165, 1.54) is 0 Å². The lowest BCUT2D eigenvalue weighted by Crippen LogP contribution is -2.13. The van der Waals surface area contributed by atoms with Crippen LogP contribution in [-0.4, -0.2) is 15.5 Å². The number of rotatable bonds is 2. The van der Waals surface area contributed by atoms with Crippen molar-refractivity contribution in [2.75, 3.05) is 5.32 Å². The van der Waals surface area contributed by atoms with E-state index < -0.39 is 0 Å². The largest absolute Gasteiger partial charge is 0.321 e. The van der Waals surface area contributed by atoms with Gasteiger partial charge in [-0.15, -0.1) is 0 Å². The second-order valence-corrected chi connectivity index (χ2v) is 5.59. The van der Waals surface area contributed by atoms with E-state index in [9.17, 15) is 4.79 Å². The number of carbonyl (C=O) groups is 1. The predicted molar refractivity (Wildman–Crippen MR) is 92.1 cm³/mol. The Kier molecular flexibility index (Phi) is 3.24. The fraction of sp³-hybridized carbons (Fsp3) is 0. The molecular weight excluding hydrogens is 310 g/mol. The first kappa shape index (κ1) is 13.8. The van der Waals surface area contributed by atoms with Gasteiger partial charge in [-0.3, -0.25) is 4.79 Å². The number of hydrogen-bond donors (Lipinski definition) is 1. The Bertz CT molecular complexity index is 1040. The highest BCUT2D eigenvalue weighted by molar-refractivity contribution is 6.37. The molecule has 4 nitrogen and oxygen atoms in total. The van der Waals surface area contributed by atoms with Crippen molar-refractivity contribution in [3.63, 3.8) is 0 Å². The van der Waals surface area contributed by atoms with Gasteiger partial charge in [0.2, 0.25) is 0 Å². The first-order valence-electron chi connectivity index (χ1n) is 7.15. The molecule has 23 heavy (non-hydrogen) atoms. The van der Waals surface area contributed by atoms with Gasteiger partial charge in [-0.25, -0.2) is 4.52 Å². The van der Waals surface area contributed by atoms with Gasteiger partial charge in [0.25, 0.3) is 5.91 Å². The molecule has 0 unspecified atom stereocenters. The maximum absolute atomic E-state index is 12.5. The van der Waals surface area contributed by atoms with E-state index in [0.717, 1.165) is 10.8 Å². The first-order valence-corrected chi connectivity index (χ1v) is 7.53. The molecule has 112 valence electrons. The number of aromatic nitrogens is 2. The number of hydrogen-bond acceptors (Lipinski definition) is 2. The molecule has 0 bridgehead atoms. The van der Waals surface area contributed by atoms with Crippen molar-refractivity contribution in [3.05, 3.63) is 77.6 Å². The molecule has 4 aromatic rings. The molecular formula is C18H12ClN3O. The molecule has 0 aliphatic carbocycles. The fourth-order valence-corrected chi connectivity index (χ4v) is 2.84. The minimum absolute atomic E-state index is 0.214. The number of carbonyl (C=O) groups excluding carboxylic acids is 1. The van der Waals surface area contributed by atoms with Crippen LogP contribution in [0.4, 0.5) is 5.69 Å². The van der Waals surface area contributed by atoms with Gasteiger partial charge in [0.1, 0.15) is 0 Å². The predicted octanol–water partition coefficient (Wildman–Crippen LogP) is 4.39. The zero-order valence-electron chi connectivity index (χ0n) is 12.0. The first-order chi connectivity index (χ1) is 11.2. The molecule has 0 radical (unpaired) electrons. The third-order valence-electron chi connectivity index (χ3n) is 3.70. The molecule has 0 aliphatic rings. The zero-order valence-corrected chi connectivity index (χ0v) is 12.8. The van der Waals surface area contributed by atoms with Crippen molar-refractivity contribution in [2.45, 2.75) is 0 Å². The molecule has 2 aromatic carbocycles. The van der Waals surface area contributed by atoms with Gasteiger partial charge < -0.3 is 5.32 Å². The van der Waals surface area contributed by atoms with Crippen LogP contribution in [0, 0.1) is 0 Å². The Hall–Kier alpha value is -2.85. The fourth-order valence-electron chi connectivity index (χ4n) is 2.57. The zero-order chi connectivity index (χ0) is 15.8. The molecule has 5 heteroatoms. The van der Waals surface area contributed by atoms with E-state index in [2.05, 4.69) is 10.4 Å². The van der Waals surface area contributed by atoms with Crippen LogP contribution >= 0.6 is 11.6 Å². The normalized spacial score (nSPS) is 11.0. The van der Waals surface area contributed by atoms with Crippen molar-refractivity contribution >= 4 is 39.5 Å². The Morgan fingerprint density at radius 3 is 2.61 bits per heavy atom. The smallest absolute Gasteiger partial charge is 0.277 e. The molecule has 0 saturated carbocycles. The molecule has 0 atom stereocenters. The summed E-state index contributed by atoms with van der Waals surface area (Å²) in [5.41, 5.74) is 1.63. The number of fused-ring (bicyclic) bond motifs is 2. The maximum atomic E-state index is 12.5. The van der Waals surface area contributed by atoms with E-state index in [-0.39, 0.29) is 11.6 Å². The van der Waals surface area contributed by atoms with Crippen molar-refractivity contribution in [1.82, 2.24) is 9.61 Å². The third kappa shape index (κ3) is 2.43. The van der Waals surface area contributed by atoms with Crippen molar-refractivity contribution in [1.29, 1.82) is 0 Å². The number of pyridine rings is 1. The second-order valence-electron chi connectivity index (χ2n) is 5.21. The summed E-state index contributed by atoms with van der Waals surface area (Å²) in [7, 11) is 0. The van der Waals surface area contributed by atoms with Crippen LogP contribution in [0.15, 0.2) is 66.9 Å². The monoisotopic (exact) mass is 321 g/mol. The number of benzene rings is 2. The number of halogens is 1. The Labute approximate surface area is 137 Å². The van der Waals surface area contributed by atoms with Gasteiger partial charge in [0.05, 0.1) is 10.5 Å². The average molecular weight is 322 g/mol. The van der Waals surface area contributed by atoms with Crippen molar-refractivity contribution < 1.29 is 4.79 Å². The summed E-state index contributed by atoms with van der Waals surface area (Å²) in [4.78, 5) is 12.5. The van der Waals surface area contributed by atoms with Gasteiger partial charge in [0, 0.05) is 11.9 Å². The summed E-state index contributed by atoms with van der Waals surface area (Å²) in [6, 6.07) is 19.3. The molecule has 4 rings (SSSR count). The third-order valence-corrected chi connectivity index (χ3v) is 4.07.